The van der Waals surface area contributed by atoms with Gasteiger partial charge in [0.25, 0.3) is 0 Å². The van der Waals surface area contributed by atoms with E-state index in [0.717, 1.165) is 15.9 Å². The SMILES string of the molecule is CNC(C)(CSc1ncnc2ccccc12)C(N)=O. The Morgan fingerprint density at radius 3 is 2.84 bits per heavy atom. The highest BCUT2D eigenvalue weighted by atomic mass is 32.2. The van der Waals surface area contributed by atoms with Crippen LogP contribution in [0.15, 0.2) is 35.6 Å². The highest BCUT2D eigenvalue weighted by Crippen LogP contribution is 2.26. The van der Waals surface area contributed by atoms with Crippen LogP contribution in [0.2, 0.25) is 0 Å². The molecule has 1 aromatic heterocycles. The van der Waals surface area contributed by atoms with Crippen molar-refractivity contribution in [2.45, 2.75) is 17.5 Å². The first-order chi connectivity index (χ1) is 9.07. The Balaban J connectivity index is 2.25. The third kappa shape index (κ3) is 2.85. The van der Waals surface area contributed by atoms with Gasteiger partial charge in [0, 0.05) is 11.1 Å². The highest BCUT2D eigenvalue weighted by molar-refractivity contribution is 7.99. The lowest BCUT2D eigenvalue weighted by molar-refractivity contribution is -0.122. The second-order valence-corrected chi connectivity index (χ2v) is 5.40. The molecule has 1 atom stereocenters. The second-order valence-electron chi connectivity index (χ2n) is 4.43. The average molecular weight is 276 g/mol. The van der Waals surface area contributed by atoms with Crippen molar-refractivity contribution in [3.05, 3.63) is 30.6 Å². The predicted molar refractivity (Wildman–Crippen MR) is 76.9 cm³/mol. The van der Waals surface area contributed by atoms with Gasteiger partial charge in [0.2, 0.25) is 5.91 Å². The molecule has 1 aromatic carbocycles. The number of likely N-dealkylation sites (N-methyl/N-ethyl adjacent to an activating group) is 1. The predicted octanol–water partition coefficient (Wildman–Crippen LogP) is 1.19. The standard InChI is InChI=1S/C13H16N4OS/c1-13(15-2,12(14)18)7-19-11-9-5-3-4-6-10(9)16-8-17-11/h3-6,8,15H,7H2,1-2H3,(H2,14,18). The van der Waals surface area contributed by atoms with Crippen LogP contribution in [-0.4, -0.2) is 34.2 Å². The van der Waals surface area contributed by atoms with Crippen molar-refractivity contribution in [2.24, 2.45) is 5.73 Å². The van der Waals surface area contributed by atoms with Crippen LogP contribution < -0.4 is 11.1 Å². The van der Waals surface area contributed by atoms with Crippen molar-refractivity contribution < 1.29 is 4.79 Å². The van der Waals surface area contributed by atoms with E-state index in [9.17, 15) is 4.79 Å². The Morgan fingerprint density at radius 1 is 1.42 bits per heavy atom. The van der Waals surface area contributed by atoms with Crippen molar-refractivity contribution in [3.63, 3.8) is 0 Å². The van der Waals surface area contributed by atoms with E-state index in [-0.39, 0.29) is 5.91 Å². The minimum Gasteiger partial charge on any atom is -0.368 e. The molecule has 0 saturated carbocycles. The molecule has 2 aromatic rings. The normalized spacial score (nSPS) is 14.2. The number of rotatable bonds is 5. The molecule has 2 rings (SSSR count). The molecule has 0 aliphatic heterocycles. The van der Waals surface area contributed by atoms with E-state index in [1.807, 2.05) is 24.3 Å². The number of fused-ring (bicyclic) bond motifs is 1. The first kappa shape index (κ1) is 13.8. The van der Waals surface area contributed by atoms with Crippen LogP contribution in [0.3, 0.4) is 0 Å². The van der Waals surface area contributed by atoms with Gasteiger partial charge >= 0.3 is 0 Å². The Kier molecular flexibility index (Phi) is 4.01. The van der Waals surface area contributed by atoms with Gasteiger partial charge in [-0.05, 0) is 20.0 Å². The number of carbonyl (C=O) groups excluding carboxylic acids is 1. The summed E-state index contributed by atoms with van der Waals surface area (Å²) in [6.07, 6.45) is 1.53. The van der Waals surface area contributed by atoms with E-state index >= 15 is 0 Å². The number of aromatic nitrogens is 2. The Labute approximate surface area is 116 Å². The molecule has 1 amide bonds. The van der Waals surface area contributed by atoms with Gasteiger partial charge in [-0.1, -0.05) is 18.2 Å². The second kappa shape index (κ2) is 5.54. The van der Waals surface area contributed by atoms with E-state index in [1.165, 1.54) is 18.1 Å². The Morgan fingerprint density at radius 2 is 2.16 bits per heavy atom. The number of thioether (sulfide) groups is 1. The Hall–Kier alpha value is -1.66. The summed E-state index contributed by atoms with van der Waals surface area (Å²) in [5.41, 5.74) is 5.55. The molecule has 5 nitrogen and oxygen atoms in total. The fourth-order valence-corrected chi connectivity index (χ4v) is 2.74. The molecule has 0 fully saturated rings. The first-order valence-electron chi connectivity index (χ1n) is 5.88. The molecule has 1 heterocycles. The van der Waals surface area contributed by atoms with Crippen molar-refractivity contribution in [2.75, 3.05) is 12.8 Å². The summed E-state index contributed by atoms with van der Waals surface area (Å²) in [4.78, 5) is 19.9. The minimum atomic E-state index is -0.753. The zero-order valence-electron chi connectivity index (χ0n) is 10.9. The fraction of sp³-hybridized carbons (Fsp3) is 0.308. The van der Waals surface area contributed by atoms with Gasteiger partial charge in [-0.25, -0.2) is 9.97 Å². The summed E-state index contributed by atoms with van der Waals surface area (Å²) in [5, 5.41) is 4.80. The average Bonchev–Trinajstić information content (AvgIpc) is 2.44. The van der Waals surface area contributed by atoms with Gasteiger partial charge < -0.3 is 11.1 Å². The van der Waals surface area contributed by atoms with Crippen LogP contribution >= 0.6 is 11.8 Å². The molecule has 19 heavy (non-hydrogen) atoms. The smallest absolute Gasteiger partial charge is 0.238 e. The molecule has 100 valence electrons. The summed E-state index contributed by atoms with van der Waals surface area (Å²) in [6, 6.07) is 7.79. The molecule has 0 spiro atoms. The summed E-state index contributed by atoms with van der Waals surface area (Å²) >= 11 is 1.50. The molecular formula is C13H16N4OS. The van der Waals surface area contributed by atoms with E-state index in [4.69, 9.17) is 5.73 Å². The number of nitrogens with one attached hydrogen (secondary N) is 1. The number of carbonyl (C=O) groups is 1. The molecule has 0 saturated heterocycles. The number of benzene rings is 1. The fourth-order valence-electron chi connectivity index (χ4n) is 1.57. The lowest BCUT2D eigenvalue weighted by Crippen LogP contribution is -2.53. The van der Waals surface area contributed by atoms with Crippen LogP contribution in [0, 0.1) is 0 Å². The number of hydrogen-bond acceptors (Lipinski definition) is 5. The monoisotopic (exact) mass is 276 g/mol. The third-order valence-corrected chi connectivity index (χ3v) is 4.42. The quantitative estimate of drug-likeness (QED) is 0.633. The van der Waals surface area contributed by atoms with Crippen LogP contribution in [-0.2, 0) is 4.79 Å². The lowest BCUT2D eigenvalue weighted by atomic mass is 10.1. The van der Waals surface area contributed by atoms with Gasteiger partial charge in [0.05, 0.1) is 5.52 Å². The first-order valence-corrected chi connectivity index (χ1v) is 6.87. The minimum absolute atomic E-state index is 0.374. The van der Waals surface area contributed by atoms with Crippen LogP contribution in [0.5, 0.6) is 0 Å². The van der Waals surface area contributed by atoms with Gasteiger partial charge in [0.15, 0.2) is 0 Å². The molecule has 0 aliphatic rings. The maximum absolute atomic E-state index is 11.5. The number of nitrogens with zero attached hydrogens (tertiary/aromatic N) is 2. The highest BCUT2D eigenvalue weighted by Gasteiger charge is 2.29. The molecule has 0 bridgehead atoms. The van der Waals surface area contributed by atoms with E-state index in [1.54, 1.807) is 14.0 Å². The van der Waals surface area contributed by atoms with Crippen molar-refractivity contribution in [1.82, 2.24) is 15.3 Å². The molecule has 0 aliphatic carbocycles. The molecular weight excluding hydrogens is 260 g/mol. The molecule has 1 unspecified atom stereocenters. The van der Waals surface area contributed by atoms with Crippen molar-refractivity contribution in [3.8, 4) is 0 Å². The molecule has 0 radical (unpaired) electrons. The van der Waals surface area contributed by atoms with Crippen molar-refractivity contribution >= 4 is 28.6 Å². The number of hydrogen-bond donors (Lipinski definition) is 2. The number of nitrogens with two attached hydrogens (primary N) is 1. The maximum atomic E-state index is 11.5. The third-order valence-electron chi connectivity index (χ3n) is 3.10. The van der Waals surface area contributed by atoms with Gasteiger partial charge in [-0.3, -0.25) is 4.79 Å². The van der Waals surface area contributed by atoms with Crippen LogP contribution in [0.4, 0.5) is 0 Å². The zero-order chi connectivity index (χ0) is 13.9. The summed E-state index contributed by atoms with van der Waals surface area (Å²) < 4.78 is 0. The topological polar surface area (TPSA) is 80.9 Å². The molecule has 6 heteroatoms. The Bertz CT molecular complexity index is 599. The largest absolute Gasteiger partial charge is 0.368 e. The number of para-hydroxylation sites is 1. The van der Waals surface area contributed by atoms with Crippen LogP contribution in [0.25, 0.3) is 10.9 Å². The number of primary amides is 1. The van der Waals surface area contributed by atoms with E-state index in [2.05, 4.69) is 15.3 Å². The number of amides is 1. The summed E-state index contributed by atoms with van der Waals surface area (Å²) in [5.74, 6) is 0.140. The molecule has 3 N–H and O–H groups in total. The maximum Gasteiger partial charge on any atom is 0.238 e. The van der Waals surface area contributed by atoms with E-state index in [0.29, 0.717) is 5.75 Å². The zero-order valence-corrected chi connectivity index (χ0v) is 11.7. The van der Waals surface area contributed by atoms with Gasteiger partial charge in [0.1, 0.15) is 16.9 Å². The summed E-state index contributed by atoms with van der Waals surface area (Å²) in [7, 11) is 1.73. The lowest BCUT2D eigenvalue weighted by Gasteiger charge is -2.24. The summed E-state index contributed by atoms with van der Waals surface area (Å²) in [6.45, 7) is 1.78. The van der Waals surface area contributed by atoms with Crippen molar-refractivity contribution in [1.29, 1.82) is 0 Å². The van der Waals surface area contributed by atoms with E-state index < -0.39 is 5.54 Å². The van der Waals surface area contributed by atoms with Gasteiger partial charge in [-0.2, -0.15) is 0 Å². The van der Waals surface area contributed by atoms with Gasteiger partial charge in [-0.15, -0.1) is 11.8 Å². The van der Waals surface area contributed by atoms with Crippen LogP contribution in [0.1, 0.15) is 6.92 Å².